The normalized spacial score (nSPS) is 28.0. The van der Waals surface area contributed by atoms with Crippen LogP contribution in [0.5, 0.6) is 0 Å². The van der Waals surface area contributed by atoms with Crippen molar-refractivity contribution in [3.8, 4) is 0 Å². The van der Waals surface area contributed by atoms with Crippen molar-refractivity contribution < 1.29 is 19.2 Å². The number of aliphatic carboxylic acids is 1. The average molecular weight is 307 g/mol. The van der Waals surface area contributed by atoms with E-state index in [1.807, 2.05) is 13.8 Å². The lowest BCUT2D eigenvalue weighted by atomic mass is 9.97. The van der Waals surface area contributed by atoms with E-state index in [1.165, 1.54) is 0 Å². The molecule has 3 rings (SSSR count). The molecule has 3 atom stereocenters. The van der Waals surface area contributed by atoms with Crippen molar-refractivity contribution in [3.63, 3.8) is 0 Å². The van der Waals surface area contributed by atoms with E-state index in [2.05, 4.69) is 10.1 Å². The molecule has 1 N–H and O–H groups in total. The standard InChI is InChI=1S/C15H21N3O4/c1-8(2)13-16-12(17-22-13)9-4-3-5-18(7-9)14(19)10-6-11(10)15(20)21/h8-11H,3-7H2,1-2H3,(H,20,21). The fourth-order valence-electron chi connectivity index (χ4n) is 3.01. The van der Waals surface area contributed by atoms with Crippen LogP contribution >= 0.6 is 0 Å². The van der Waals surface area contributed by atoms with E-state index in [9.17, 15) is 9.59 Å². The molecule has 3 unspecified atom stereocenters. The van der Waals surface area contributed by atoms with E-state index < -0.39 is 11.9 Å². The van der Waals surface area contributed by atoms with Crippen molar-refractivity contribution in [3.05, 3.63) is 11.7 Å². The van der Waals surface area contributed by atoms with Crippen LogP contribution in [0.1, 0.15) is 56.7 Å². The summed E-state index contributed by atoms with van der Waals surface area (Å²) in [6, 6.07) is 0. The Kier molecular flexibility index (Phi) is 3.88. The Bertz CT molecular complexity index is 583. The smallest absolute Gasteiger partial charge is 0.307 e. The molecule has 1 aliphatic carbocycles. The molecule has 0 spiro atoms. The number of rotatable bonds is 4. The molecule has 1 aromatic rings. The average Bonchev–Trinajstić information content (AvgIpc) is 3.15. The maximum absolute atomic E-state index is 12.4. The summed E-state index contributed by atoms with van der Waals surface area (Å²) in [6.45, 7) is 5.23. The number of carbonyl (C=O) groups excluding carboxylic acids is 1. The van der Waals surface area contributed by atoms with Gasteiger partial charge in [0.25, 0.3) is 0 Å². The fourth-order valence-corrected chi connectivity index (χ4v) is 3.01. The molecule has 7 nitrogen and oxygen atoms in total. The van der Waals surface area contributed by atoms with E-state index in [4.69, 9.17) is 9.63 Å². The third kappa shape index (κ3) is 2.84. The van der Waals surface area contributed by atoms with E-state index in [0.717, 1.165) is 12.8 Å². The maximum atomic E-state index is 12.4. The van der Waals surface area contributed by atoms with Gasteiger partial charge in [0.2, 0.25) is 11.8 Å². The molecule has 1 saturated heterocycles. The van der Waals surface area contributed by atoms with E-state index in [1.54, 1.807) is 4.90 Å². The molecule has 7 heteroatoms. The lowest BCUT2D eigenvalue weighted by molar-refractivity contribution is -0.142. The first-order chi connectivity index (χ1) is 10.5. The first kappa shape index (κ1) is 15.0. The summed E-state index contributed by atoms with van der Waals surface area (Å²) in [7, 11) is 0. The third-order valence-corrected chi connectivity index (χ3v) is 4.47. The van der Waals surface area contributed by atoms with Crippen LogP contribution in [0.3, 0.4) is 0 Å². The van der Waals surface area contributed by atoms with Gasteiger partial charge in [0.15, 0.2) is 5.82 Å². The number of likely N-dealkylation sites (tertiary alicyclic amines) is 1. The zero-order chi connectivity index (χ0) is 15.9. The molecule has 2 fully saturated rings. The van der Waals surface area contributed by atoms with Crippen molar-refractivity contribution in [2.45, 2.75) is 44.9 Å². The molecule has 2 heterocycles. The summed E-state index contributed by atoms with van der Waals surface area (Å²) < 4.78 is 5.24. The minimum absolute atomic E-state index is 0.0373. The topological polar surface area (TPSA) is 96.5 Å². The van der Waals surface area contributed by atoms with Gasteiger partial charge in [-0.15, -0.1) is 0 Å². The summed E-state index contributed by atoms with van der Waals surface area (Å²) in [6.07, 6.45) is 2.27. The second-order valence-corrected chi connectivity index (χ2v) is 6.56. The lowest BCUT2D eigenvalue weighted by Crippen LogP contribution is -2.40. The van der Waals surface area contributed by atoms with Gasteiger partial charge < -0.3 is 14.5 Å². The zero-order valence-corrected chi connectivity index (χ0v) is 12.9. The highest BCUT2D eigenvalue weighted by molar-refractivity contribution is 5.89. The van der Waals surface area contributed by atoms with Crippen LogP contribution in [0.25, 0.3) is 0 Å². The second-order valence-electron chi connectivity index (χ2n) is 6.56. The number of hydrogen-bond acceptors (Lipinski definition) is 5. The summed E-state index contributed by atoms with van der Waals surface area (Å²) in [5.74, 6) is -0.200. The van der Waals surface area contributed by atoms with Crippen LogP contribution < -0.4 is 0 Å². The van der Waals surface area contributed by atoms with Crippen molar-refractivity contribution in [1.82, 2.24) is 15.0 Å². The van der Waals surface area contributed by atoms with Crippen molar-refractivity contribution in [1.29, 1.82) is 0 Å². The molecule has 1 saturated carbocycles. The van der Waals surface area contributed by atoms with Gasteiger partial charge in [-0.1, -0.05) is 19.0 Å². The number of carbonyl (C=O) groups is 2. The summed E-state index contributed by atoms with van der Waals surface area (Å²) in [5.41, 5.74) is 0. The Hall–Kier alpha value is -1.92. The number of piperidine rings is 1. The van der Waals surface area contributed by atoms with Crippen LogP contribution in [0.15, 0.2) is 4.52 Å². The molecule has 0 radical (unpaired) electrons. The van der Waals surface area contributed by atoms with Gasteiger partial charge in [-0.2, -0.15) is 4.98 Å². The predicted molar refractivity (Wildman–Crippen MR) is 76.2 cm³/mol. The lowest BCUT2D eigenvalue weighted by Gasteiger charge is -2.31. The highest BCUT2D eigenvalue weighted by Crippen LogP contribution is 2.41. The molecular formula is C15H21N3O4. The molecule has 0 bridgehead atoms. The Morgan fingerprint density at radius 1 is 1.36 bits per heavy atom. The van der Waals surface area contributed by atoms with Gasteiger partial charge in [-0.25, -0.2) is 0 Å². The third-order valence-electron chi connectivity index (χ3n) is 4.47. The number of hydrogen-bond donors (Lipinski definition) is 1. The number of carboxylic acid groups (broad SMARTS) is 1. The molecule has 0 aromatic carbocycles. The molecule has 120 valence electrons. The van der Waals surface area contributed by atoms with Crippen molar-refractivity contribution in [2.75, 3.05) is 13.1 Å². The first-order valence-electron chi connectivity index (χ1n) is 7.82. The highest BCUT2D eigenvalue weighted by atomic mass is 16.5. The van der Waals surface area contributed by atoms with Crippen LogP contribution in [0.4, 0.5) is 0 Å². The Balaban J connectivity index is 1.64. The Labute approximate surface area is 128 Å². The van der Waals surface area contributed by atoms with Gasteiger partial charge in [0, 0.05) is 24.9 Å². The monoisotopic (exact) mass is 307 g/mol. The molecule has 1 amide bonds. The Morgan fingerprint density at radius 2 is 2.14 bits per heavy atom. The molecule has 2 aliphatic rings. The SMILES string of the molecule is CC(C)c1nc(C2CCCN(C(=O)C3CC3C(=O)O)C2)no1. The zero-order valence-electron chi connectivity index (χ0n) is 12.9. The molecular weight excluding hydrogens is 286 g/mol. The van der Waals surface area contributed by atoms with Gasteiger partial charge in [0.05, 0.1) is 11.8 Å². The van der Waals surface area contributed by atoms with E-state index in [0.29, 0.717) is 31.2 Å². The maximum Gasteiger partial charge on any atom is 0.307 e. The molecule has 1 aromatic heterocycles. The fraction of sp³-hybridized carbons (Fsp3) is 0.733. The number of nitrogens with zero attached hydrogens (tertiary/aromatic N) is 3. The van der Waals surface area contributed by atoms with Crippen molar-refractivity contribution >= 4 is 11.9 Å². The minimum Gasteiger partial charge on any atom is -0.481 e. The highest BCUT2D eigenvalue weighted by Gasteiger charge is 2.50. The number of carboxylic acids is 1. The molecule has 22 heavy (non-hydrogen) atoms. The van der Waals surface area contributed by atoms with Crippen LogP contribution in [-0.4, -0.2) is 45.1 Å². The first-order valence-corrected chi connectivity index (χ1v) is 7.82. The van der Waals surface area contributed by atoms with Gasteiger partial charge >= 0.3 is 5.97 Å². The van der Waals surface area contributed by atoms with Gasteiger partial charge in [0.1, 0.15) is 0 Å². The summed E-state index contributed by atoms with van der Waals surface area (Å²) in [4.78, 5) is 29.5. The van der Waals surface area contributed by atoms with Gasteiger partial charge in [-0.05, 0) is 19.3 Å². The van der Waals surface area contributed by atoms with E-state index >= 15 is 0 Å². The molecule has 1 aliphatic heterocycles. The predicted octanol–water partition coefficient (Wildman–Crippen LogP) is 1.62. The number of aromatic nitrogens is 2. The van der Waals surface area contributed by atoms with E-state index in [-0.39, 0.29) is 23.7 Å². The minimum atomic E-state index is -0.869. The largest absolute Gasteiger partial charge is 0.481 e. The van der Waals surface area contributed by atoms with Crippen molar-refractivity contribution in [2.24, 2.45) is 11.8 Å². The summed E-state index contributed by atoms with van der Waals surface area (Å²) in [5, 5.41) is 13.0. The Morgan fingerprint density at radius 3 is 2.73 bits per heavy atom. The second kappa shape index (κ2) is 5.70. The summed E-state index contributed by atoms with van der Waals surface area (Å²) >= 11 is 0. The van der Waals surface area contributed by atoms with Crippen LogP contribution in [0, 0.1) is 11.8 Å². The van der Waals surface area contributed by atoms with Crippen LogP contribution in [0.2, 0.25) is 0 Å². The number of amides is 1. The van der Waals surface area contributed by atoms with Gasteiger partial charge in [-0.3, -0.25) is 9.59 Å². The van der Waals surface area contributed by atoms with Crippen LogP contribution in [-0.2, 0) is 9.59 Å². The quantitative estimate of drug-likeness (QED) is 0.908.